The molecule has 1 aliphatic carbocycles. The molecule has 6 aromatic carbocycles. The predicted octanol–water partition coefficient (Wildman–Crippen LogP) is 11.0. The van der Waals surface area contributed by atoms with Gasteiger partial charge in [-0.1, -0.05) is 93.6 Å². The molecular weight excluding hydrogens is 819 g/mol. The highest BCUT2D eigenvalue weighted by Crippen LogP contribution is 2.40. The molecule has 12 nitrogen and oxygen atoms in total. The summed E-state index contributed by atoms with van der Waals surface area (Å²) < 4.78 is 54.4. The Bertz CT molecular complexity index is 2580. The first-order chi connectivity index (χ1) is 30.6. The van der Waals surface area contributed by atoms with Crippen LogP contribution in [0.15, 0.2) is 126 Å². The van der Waals surface area contributed by atoms with Crippen molar-refractivity contribution in [3.8, 4) is 23.0 Å². The molecule has 0 spiro atoms. The average molecular weight is 870 g/mol. The maximum absolute atomic E-state index is 14.3. The predicted molar refractivity (Wildman–Crippen MR) is 244 cm³/mol. The number of nitrogens with one attached hydrogen (secondary N) is 2. The fraction of sp³-hybridized carbons (Fsp3) is 0.260. The minimum absolute atomic E-state index is 0.108. The number of amides is 2. The average Bonchev–Trinajstić information content (AvgIpc) is 3.27. The summed E-state index contributed by atoms with van der Waals surface area (Å²) in [5.41, 5.74) is 7.70. The van der Waals surface area contributed by atoms with E-state index in [4.69, 9.17) is 18.4 Å². The van der Waals surface area contributed by atoms with Crippen molar-refractivity contribution in [2.24, 2.45) is 0 Å². The lowest BCUT2D eigenvalue weighted by molar-refractivity contribution is -0.384. The van der Waals surface area contributed by atoms with E-state index in [1.807, 2.05) is 42.5 Å². The number of anilines is 2. The minimum atomic E-state index is -4.42. The highest BCUT2D eigenvalue weighted by atomic mass is 32.2. The topological polar surface area (TPSA) is 155 Å². The van der Waals surface area contributed by atoms with Gasteiger partial charge in [0, 0.05) is 60.3 Å². The summed E-state index contributed by atoms with van der Waals surface area (Å²) in [5, 5.41) is 16.3. The molecule has 0 fully saturated rings. The van der Waals surface area contributed by atoms with Gasteiger partial charge in [-0.2, -0.15) is 8.42 Å². The lowest BCUT2D eigenvalue weighted by atomic mass is 9.91. The molecule has 0 atom stereocenters. The maximum Gasteiger partial charge on any atom is 0.339 e. The largest absolute Gasteiger partial charge is 0.493 e. The Morgan fingerprint density at radius 2 is 0.841 bits per heavy atom. The molecule has 0 saturated carbocycles. The van der Waals surface area contributed by atoms with Crippen molar-refractivity contribution in [2.45, 2.75) is 70.6 Å². The van der Waals surface area contributed by atoms with Gasteiger partial charge in [0.05, 0.1) is 24.7 Å². The van der Waals surface area contributed by atoms with Crippen molar-refractivity contribution in [1.29, 1.82) is 0 Å². The number of nitro groups is 1. The van der Waals surface area contributed by atoms with Crippen LogP contribution in [0.3, 0.4) is 0 Å². The van der Waals surface area contributed by atoms with Gasteiger partial charge in [0.1, 0.15) is 27.9 Å². The molecule has 6 aromatic rings. The molecule has 0 heterocycles. The van der Waals surface area contributed by atoms with Crippen LogP contribution in [0.5, 0.6) is 23.0 Å². The van der Waals surface area contributed by atoms with Crippen LogP contribution in [0.25, 0.3) is 0 Å². The molecule has 2 amide bonds. The zero-order valence-electron chi connectivity index (χ0n) is 35.6. The molecule has 1 aliphatic rings. The Labute approximate surface area is 368 Å². The minimum Gasteiger partial charge on any atom is -0.493 e. The van der Waals surface area contributed by atoms with Crippen molar-refractivity contribution in [2.75, 3.05) is 30.5 Å². The molecule has 0 unspecified atom stereocenters. The Hall–Kier alpha value is -6.86. The zero-order chi connectivity index (χ0) is 44.3. The number of hydrogen-bond donors (Lipinski definition) is 2. The Morgan fingerprint density at radius 1 is 0.524 bits per heavy atom. The molecule has 0 radical (unpaired) electrons. The summed E-state index contributed by atoms with van der Waals surface area (Å²) >= 11 is 0. The van der Waals surface area contributed by atoms with Crippen LogP contribution in [0.1, 0.15) is 84.5 Å². The molecule has 63 heavy (non-hydrogen) atoms. The van der Waals surface area contributed by atoms with Crippen LogP contribution in [0.2, 0.25) is 0 Å². The highest BCUT2D eigenvalue weighted by Gasteiger charge is 2.25. The number of ether oxygens (including phenoxy) is 3. The van der Waals surface area contributed by atoms with Crippen LogP contribution in [-0.4, -0.2) is 39.2 Å². The van der Waals surface area contributed by atoms with Crippen LogP contribution < -0.4 is 29.0 Å². The van der Waals surface area contributed by atoms with Gasteiger partial charge in [-0.15, -0.1) is 0 Å². The first-order valence-corrected chi connectivity index (χ1v) is 22.7. The van der Waals surface area contributed by atoms with E-state index in [0.29, 0.717) is 68.0 Å². The maximum atomic E-state index is 14.3. The van der Waals surface area contributed by atoms with Crippen molar-refractivity contribution in [3.05, 3.63) is 176 Å². The normalized spacial score (nSPS) is 12.2. The summed E-state index contributed by atoms with van der Waals surface area (Å²) in [7, 11) is -4.42. The molecule has 326 valence electrons. The smallest absolute Gasteiger partial charge is 0.339 e. The molecule has 13 heteroatoms. The molecular formula is C50H51N3O9S. The lowest BCUT2D eigenvalue weighted by Gasteiger charge is -2.22. The fourth-order valence-corrected chi connectivity index (χ4v) is 8.58. The second-order valence-corrected chi connectivity index (χ2v) is 16.9. The number of nitrogens with zero attached hydrogens (tertiary/aromatic N) is 1. The summed E-state index contributed by atoms with van der Waals surface area (Å²) in [4.78, 5) is 23.1. The van der Waals surface area contributed by atoms with Gasteiger partial charge >= 0.3 is 16.1 Å². The number of carbonyl (C=O) groups excluding carboxylic acids is 1. The van der Waals surface area contributed by atoms with E-state index in [0.717, 1.165) is 69.9 Å². The van der Waals surface area contributed by atoms with Gasteiger partial charge in [0.15, 0.2) is 0 Å². The van der Waals surface area contributed by atoms with Crippen molar-refractivity contribution in [1.82, 2.24) is 0 Å². The molecule has 7 rings (SSSR count). The van der Waals surface area contributed by atoms with Crippen molar-refractivity contribution >= 4 is 33.2 Å². The van der Waals surface area contributed by atoms with Gasteiger partial charge in [-0.05, 0) is 89.0 Å². The van der Waals surface area contributed by atoms with E-state index in [9.17, 15) is 23.3 Å². The van der Waals surface area contributed by atoms with Gasteiger partial charge in [-0.3, -0.25) is 10.1 Å². The van der Waals surface area contributed by atoms with E-state index < -0.39 is 21.1 Å². The van der Waals surface area contributed by atoms with Crippen molar-refractivity contribution in [3.63, 3.8) is 0 Å². The van der Waals surface area contributed by atoms with Gasteiger partial charge in [0.25, 0.3) is 5.69 Å². The van der Waals surface area contributed by atoms with Gasteiger partial charge < -0.3 is 29.0 Å². The number of fused-ring (bicyclic) bond motifs is 8. The third-order valence-electron chi connectivity index (χ3n) is 10.5. The van der Waals surface area contributed by atoms with E-state index in [-0.39, 0.29) is 16.3 Å². The Balaban J connectivity index is 1.28. The number of hydrogen-bond acceptors (Lipinski definition) is 9. The van der Waals surface area contributed by atoms with Crippen LogP contribution in [-0.2, 0) is 35.8 Å². The van der Waals surface area contributed by atoms with E-state index in [2.05, 4.69) is 61.7 Å². The fourth-order valence-electron chi connectivity index (χ4n) is 7.58. The molecule has 2 N–H and O–H groups in total. The second kappa shape index (κ2) is 20.3. The zero-order valence-corrected chi connectivity index (χ0v) is 36.5. The van der Waals surface area contributed by atoms with Gasteiger partial charge in [0.2, 0.25) is 0 Å². The number of nitro benzene ring substituents is 1. The summed E-state index contributed by atoms with van der Waals surface area (Å²) in [6.45, 7) is 7.80. The second-order valence-electron chi connectivity index (χ2n) is 15.3. The first-order valence-electron chi connectivity index (χ1n) is 21.2. The SMILES string of the molecule is CCCOc1c2cccc1Cc1cccc(c1OCCC)Cc1cccc(c1OS(=O)(=O)c1ccc(NC(=O)Nc3ccc([N+](=O)[O-])cc3)cc1)Cc1cccc(c1OCCC)C2. The number of non-ortho nitro benzene ring substituents is 1. The first kappa shape index (κ1) is 44.2. The third kappa shape index (κ3) is 10.8. The number of benzene rings is 6. The number of para-hydroxylation sites is 4. The molecule has 0 aromatic heterocycles. The molecule has 0 aliphatic heterocycles. The highest BCUT2D eigenvalue weighted by molar-refractivity contribution is 7.87. The monoisotopic (exact) mass is 869 g/mol. The lowest BCUT2D eigenvalue weighted by Crippen LogP contribution is -2.19. The molecule has 8 bridgehead atoms. The molecule has 0 saturated heterocycles. The van der Waals surface area contributed by atoms with Gasteiger partial charge in [-0.25, -0.2) is 4.79 Å². The quantitative estimate of drug-likeness (QED) is 0.0582. The van der Waals surface area contributed by atoms with Crippen LogP contribution >= 0.6 is 0 Å². The van der Waals surface area contributed by atoms with Crippen LogP contribution in [0, 0.1) is 10.1 Å². The van der Waals surface area contributed by atoms with E-state index >= 15 is 0 Å². The summed E-state index contributed by atoms with van der Waals surface area (Å²) in [5.74, 6) is 2.58. The Morgan fingerprint density at radius 3 is 1.16 bits per heavy atom. The Kier molecular flexibility index (Phi) is 14.3. The standard InChI is InChI=1S/C50H51N3O9S/c1-4-27-59-46-34-11-7-12-35(46)31-37-14-9-16-39(48(37)61-29-6-3)33-41-18-10-17-40(32-38-15-8-13-36(30-34)47(38)60-28-5-2)49(41)62-63(57,58)45-25-21-43(22-26-45)52-50(54)51-42-19-23-44(24-20-42)53(55)56/h7-26H,4-6,27-33H2,1-3H3,(H2,51,52,54). The number of urea groups is 1. The van der Waals surface area contributed by atoms with Crippen LogP contribution in [0.4, 0.5) is 21.9 Å². The summed E-state index contributed by atoms with van der Waals surface area (Å²) in [6, 6.07) is 34.6. The summed E-state index contributed by atoms with van der Waals surface area (Å²) in [6.07, 6.45) is 4.21. The third-order valence-corrected chi connectivity index (χ3v) is 11.8. The van der Waals surface area contributed by atoms with E-state index in [1.54, 1.807) is 0 Å². The van der Waals surface area contributed by atoms with Crippen molar-refractivity contribution < 1.29 is 36.5 Å². The number of carbonyl (C=O) groups is 1. The number of rotatable bonds is 15. The van der Waals surface area contributed by atoms with E-state index in [1.165, 1.54) is 48.5 Å².